The molecule has 1 aliphatic heterocycles. The van der Waals surface area contributed by atoms with Crippen LogP contribution in [0.25, 0.3) is 11.3 Å². The van der Waals surface area contributed by atoms with E-state index in [4.69, 9.17) is 11.6 Å². The van der Waals surface area contributed by atoms with Gasteiger partial charge in [-0.2, -0.15) is 0 Å². The van der Waals surface area contributed by atoms with Gasteiger partial charge in [-0.3, -0.25) is 14.9 Å². The first-order chi connectivity index (χ1) is 13.1. The number of halogens is 1. The van der Waals surface area contributed by atoms with Crippen molar-refractivity contribution in [2.45, 2.75) is 12.8 Å². The number of aromatic nitrogens is 1. The van der Waals surface area contributed by atoms with Gasteiger partial charge < -0.3 is 4.90 Å². The van der Waals surface area contributed by atoms with E-state index in [-0.39, 0.29) is 11.8 Å². The Morgan fingerprint density at radius 2 is 2.04 bits per heavy atom. The summed E-state index contributed by atoms with van der Waals surface area (Å²) in [4.78, 5) is 30.7. The van der Waals surface area contributed by atoms with Crippen molar-refractivity contribution in [3.8, 4) is 11.3 Å². The molecule has 3 aromatic rings. The molecule has 4 rings (SSSR count). The smallest absolute Gasteiger partial charge is 0.257 e. The van der Waals surface area contributed by atoms with Crippen molar-refractivity contribution in [2.24, 2.45) is 0 Å². The molecule has 1 N–H and O–H groups in total. The van der Waals surface area contributed by atoms with Gasteiger partial charge in [-0.05, 0) is 30.7 Å². The first-order valence-electron chi connectivity index (χ1n) is 8.54. The molecule has 2 aromatic carbocycles. The number of amides is 2. The Morgan fingerprint density at radius 1 is 1.19 bits per heavy atom. The maximum absolute atomic E-state index is 12.6. The van der Waals surface area contributed by atoms with E-state index in [0.29, 0.717) is 28.7 Å². The number of hydrogen-bond acceptors (Lipinski definition) is 4. The van der Waals surface area contributed by atoms with E-state index >= 15 is 0 Å². The van der Waals surface area contributed by atoms with Gasteiger partial charge in [0.2, 0.25) is 5.91 Å². The van der Waals surface area contributed by atoms with Crippen molar-refractivity contribution in [2.75, 3.05) is 16.8 Å². The number of benzene rings is 2. The Balaban J connectivity index is 1.52. The van der Waals surface area contributed by atoms with Crippen molar-refractivity contribution >= 4 is 45.6 Å². The summed E-state index contributed by atoms with van der Waals surface area (Å²) >= 11 is 7.55. The van der Waals surface area contributed by atoms with E-state index in [1.165, 1.54) is 11.3 Å². The Labute approximate surface area is 165 Å². The molecule has 0 atom stereocenters. The van der Waals surface area contributed by atoms with Crippen LogP contribution in [0.5, 0.6) is 0 Å². The van der Waals surface area contributed by atoms with Gasteiger partial charge in [0.05, 0.1) is 5.69 Å². The predicted molar refractivity (Wildman–Crippen MR) is 109 cm³/mol. The third kappa shape index (κ3) is 3.72. The highest BCUT2D eigenvalue weighted by Gasteiger charge is 2.22. The standard InChI is InChI=1S/C20H16ClN3O2S/c21-16-8-2-1-7-15(16)17-12-27-20(22-17)23-19(26)13-5-3-6-14(11-13)24-10-4-9-18(24)25/h1-3,5-8,11-12H,4,9-10H2,(H,22,23,26). The molecule has 27 heavy (non-hydrogen) atoms. The minimum atomic E-state index is -0.261. The summed E-state index contributed by atoms with van der Waals surface area (Å²) in [6.45, 7) is 0.692. The zero-order valence-corrected chi connectivity index (χ0v) is 15.9. The van der Waals surface area contributed by atoms with Crippen LogP contribution in [0, 0.1) is 0 Å². The molecule has 1 fully saturated rings. The highest BCUT2D eigenvalue weighted by Crippen LogP contribution is 2.30. The average Bonchev–Trinajstić information content (AvgIpc) is 3.31. The largest absolute Gasteiger partial charge is 0.312 e. The molecule has 0 aliphatic carbocycles. The van der Waals surface area contributed by atoms with Gasteiger partial charge in [0.25, 0.3) is 5.91 Å². The van der Waals surface area contributed by atoms with Crippen LogP contribution in [0.4, 0.5) is 10.8 Å². The molecule has 0 bridgehead atoms. The van der Waals surface area contributed by atoms with Crippen LogP contribution in [0.15, 0.2) is 53.9 Å². The fraction of sp³-hybridized carbons (Fsp3) is 0.150. The van der Waals surface area contributed by atoms with E-state index in [2.05, 4.69) is 10.3 Å². The molecule has 1 saturated heterocycles. The van der Waals surface area contributed by atoms with Crippen molar-refractivity contribution < 1.29 is 9.59 Å². The van der Waals surface area contributed by atoms with Crippen molar-refractivity contribution in [1.29, 1.82) is 0 Å². The zero-order valence-electron chi connectivity index (χ0n) is 14.3. The fourth-order valence-electron chi connectivity index (χ4n) is 3.03. The molecule has 2 amide bonds. The molecule has 0 unspecified atom stereocenters. The molecule has 0 spiro atoms. The van der Waals surface area contributed by atoms with Crippen molar-refractivity contribution in [3.05, 3.63) is 64.5 Å². The van der Waals surface area contributed by atoms with Crippen LogP contribution < -0.4 is 10.2 Å². The van der Waals surface area contributed by atoms with Gasteiger partial charge in [-0.25, -0.2) is 4.98 Å². The quantitative estimate of drug-likeness (QED) is 0.685. The number of thiazole rings is 1. The highest BCUT2D eigenvalue weighted by atomic mass is 35.5. The number of hydrogen-bond donors (Lipinski definition) is 1. The summed E-state index contributed by atoms with van der Waals surface area (Å²) < 4.78 is 0. The van der Waals surface area contributed by atoms with Crippen LogP contribution in [0.3, 0.4) is 0 Å². The second-order valence-electron chi connectivity index (χ2n) is 6.17. The third-order valence-electron chi connectivity index (χ3n) is 4.37. The molecule has 0 radical (unpaired) electrons. The summed E-state index contributed by atoms with van der Waals surface area (Å²) in [5, 5.41) is 5.79. The summed E-state index contributed by atoms with van der Waals surface area (Å²) in [5.74, 6) is -0.166. The number of carbonyl (C=O) groups excluding carboxylic acids is 2. The number of rotatable bonds is 4. The van der Waals surface area contributed by atoms with Gasteiger partial charge in [0.15, 0.2) is 5.13 Å². The van der Waals surface area contributed by atoms with Gasteiger partial charge in [0, 0.05) is 40.2 Å². The topological polar surface area (TPSA) is 62.3 Å². The Hall–Kier alpha value is -2.70. The second kappa shape index (κ2) is 7.50. The van der Waals surface area contributed by atoms with Gasteiger partial charge in [-0.15, -0.1) is 11.3 Å². The first kappa shape index (κ1) is 17.7. The van der Waals surface area contributed by atoms with E-state index < -0.39 is 0 Å². The van der Waals surface area contributed by atoms with Crippen molar-refractivity contribution in [1.82, 2.24) is 4.98 Å². The summed E-state index contributed by atoms with van der Waals surface area (Å²) in [5.41, 5.74) is 2.78. The highest BCUT2D eigenvalue weighted by molar-refractivity contribution is 7.14. The van der Waals surface area contributed by atoms with Crippen LogP contribution in [0.1, 0.15) is 23.2 Å². The zero-order chi connectivity index (χ0) is 18.8. The molecule has 5 nitrogen and oxygen atoms in total. The Morgan fingerprint density at radius 3 is 2.81 bits per heavy atom. The Kier molecular flexibility index (Phi) is 4.92. The third-order valence-corrected chi connectivity index (χ3v) is 5.46. The molecule has 0 saturated carbocycles. The monoisotopic (exact) mass is 397 g/mol. The molecule has 136 valence electrons. The van der Waals surface area contributed by atoms with E-state index in [0.717, 1.165) is 23.4 Å². The molecular weight excluding hydrogens is 382 g/mol. The number of nitrogens with zero attached hydrogens (tertiary/aromatic N) is 2. The molecule has 1 aliphatic rings. The number of carbonyl (C=O) groups is 2. The van der Waals surface area contributed by atoms with E-state index in [9.17, 15) is 9.59 Å². The Bertz CT molecular complexity index is 1020. The maximum Gasteiger partial charge on any atom is 0.257 e. The minimum absolute atomic E-state index is 0.0943. The lowest BCUT2D eigenvalue weighted by atomic mass is 10.1. The lowest BCUT2D eigenvalue weighted by Gasteiger charge is -2.16. The van der Waals surface area contributed by atoms with E-state index in [1.54, 1.807) is 29.2 Å². The first-order valence-corrected chi connectivity index (χ1v) is 9.80. The van der Waals surface area contributed by atoms with Crippen LogP contribution in [0.2, 0.25) is 5.02 Å². The average molecular weight is 398 g/mol. The summed E-state index contributed by atoms with van der Waals surface area (Å²) in [6, 6.07) is 14.5. The minimum Gasteiger partial charge on any atom is -0.312 e. The van der Waals surface area contributed by atoms with Crippen LogP contribution in [-0.4, -0.2) is 23.3 Å². The van der Waals surface area contributed by atoms with Crippen LogP contribution in [-0.2, 0) is 4.79 Å². The SMILES string of the molecule is O=C(Nc1nc(-c2ccccc2Cl)cs1)c1cccc(N2CCCC2=O)c1. The second-order valence-corrected chi connectivity index (χ2v) is 7.44. The summed E-state index contributed by atoms with van der Waals surface area (Å²) in [7, 11) is 0. The molecular formula is C20H16ClN3O2S. The lowest BCUT2D eigenvalue weighted by molar-refractivity contribution is -0.117. The normalized spacial score (nSPS) is 13.8. The molecule has 1 aromatic heterocycles. The maximum atomic E-state index is 12.6. The number of nitrogens with one attached hydrogen (secondary N) is 1. The number of anilines is 2. The van der Waals surface area contributed by atoms with Gasteiger partial charge in [0.1, 0.15) is 0 Å². The predicted octanol–water partition coefficient (Wildman–Crippen LogP) is 4.84. The molecule has 2 heterocycles. The summed E-state index contributed by atoms with van der Waals surface area (Å²) in [6.07, 6.45) is 1.40. The van der Waals surface area contributed by atoms with Gasteiger partial charge >= 0.3 is 0 Å². The van der Waals surface area contributed by atoms with Gasteiger partial charge in [-0.1, -0.05) is 35.9 Å². The van der Waals surface area contributed by atoms with Crippen molar-refractivity contribution in [3.63, 3.8) is 0 Å². The molecule has 7 heteroatoms. The fourth-order valence-corrected chi connectivity index (χ4v) is 3.97. The van der Waals surface area contributed by atoms with Crippen LogP contribution >= 0.6 is 22.9 Å². The lowest BCUT2D eigenvalue weighted by Crippen LogP contribution is -2.24. The van der Waals surface area contributed by atoms with E-state index in [1.807, 2.05) is 29.6 Å².